The molecule has 1 fully saturated rings. The van der Waals surface area contributed by atoms with Crippen LogP contribution in [0.1, 0.15) is 37.7 Å². The van der Waals surface area contributed by atoms with E-state index in [1.165, 1.54) is 0 Å². The molecule has 2 aromatic rings. The van der Waals surface area contributed by atoms with Gasteiger partial charge in [0, 0.05) is 19.5 Å². The number of anilines is 3. The van der Waals surface area contributed by atoms with E-state index in [2.05, 4.69) is 27.5 Å². The molecular weight excluding hydrogens is 394 g/mol. The molecule has 0 spiro atoms. The van der Waals surface area contributed by atoms with Crippen molar-refractivity contribution in [3.63, 3.8) is 0 Å². The normalized spacial score (nSPS) is 19.4. The van der Waals surface area contributed by atoms with Gasteiger partial charge in [0.2, 0.25) is 17.8 Å². The Hall–Kier alpha value is -2.87. The van der Waals surface area contributed by atoms with E-state index in [1.807, 2.05) is 4.90 Å². The van der Waals surface area contributed by atoms with Crippen molar-refractivity contribution in [1.29, 1.82) is 0 Å². The van der Waals surface area contributed by atoms with E-state index >= 15 is 0 Å². The van der Waals surface area contributed by atoms with Crippen LogP contribution in [-0.2, 0) is 9.59 Å². The smallest absolute Gasteiger partial charge is 0.258 e. The molecule has 9 heteroatoms. The average Bonchev–Trinajstić information content (AvgIpc) is 2.69. The maximum atomic E-state index is 12.9. The third-order valence-electron chi connectivity index (χ3n) is 5.47. The Bertz CT molecular complexity index is 1010. The number of para-hydroxylation sites is 1. The fourth-order valence-corrected chi connectivity index (χ4v) is 3.92. The number of nitrogens with zero attached hydrogens (tertiary/aromatic N) is 2. The van der Waals surface area contributed by atoms with Gasteiger partial charge in [-0.1, -0.05) is 30.7 Å². The zero-order chi connectivity index (χ0) is 20.5. The third kappa shape index (κ3) is 3.98. The summed E-state index contributed by atoms with van der Waals surface area (Å²) in [5.41, 5.74) is 0.182. The first-order chi connectivity index (χ1) is 13.9. The summed E-state index contributed by atoms with van der Waals surface area (Å²) in [6.45, 7) is 3.77. The number of aromatic nitrogens is 2. The predicted octanol–water partition coefficient (Wildman–Crippen LogP) is 2.72. The van der Waals surface area contributed by atoms with Crippen molar-refractivity contribution in [1.82, 2.24) is 9.97 Å². The predicted molar refractivity (Wildman–Crippen MR) is 112 cm³/mol. The molecule has 29 heavy (non-hydrogen) atoms. The van der Waals surface area contributed by atoms with Crippen LogP contribution in [0.3, 0.4) is 0 Å². The van der Waals surface area contributed by atoms with E-state index < -0.39 is 17.4 Å². The highest BCUT2D eigenvalue weighted by atomic mass is 35.5. The number of piperidine rings is 1. The fraction of sp³-hybridized carbons (Fsp3) is 0.400. The van der Waals surface area contributed by atoms with Crippen LogP contribution in [0.2, 0.25) is 5.02 Å². The molecule has 152 valence electrons. The Labute approximate surface area is 172 Å². The van der Waals surface area contributed by atoms with E-state index in [4.69, 9.17) is 11.6 Å². The molecule has 3 N–H and O–H groups in total. The van der Waals surface area contributed by atoms with E-state index in [0.29, 0.717) is 22.6 Å². The lowest BCUT2D eigenvalue weighted by Gasteiger charge is -2.31. The highest BCUT2D eigenvalue weighted by Gasteiger charge is 2.35. The molecule has 0 radical (unpaired) electrons. The van der Waals surface area contributed by atoms with Crippen molar-refractivity contribution in [2.24, 2.45) is 5.92 Å². The third-order valence-corrected chi connectivity index (χ3v) is 5.80. The van der Waals surface area contributed by atoms with E-state index in [0.717, 1.165) is 25.9 Å². The first-order valence-electron chi connectivity index (χ1n) is 9.66. The Morgan fingerprint density at radius 1 is 1.24 bits per heavy atom. The summed E-state index contributed by atoms with van der Waals surface area (Å²) in [5.74, 6) is -0.560. The number of hydrogen-bond acceptors (Lipinski definition) is 5. The van der Waals surface area contributed by atoms with Gasteiger partial charge >= 0.3 is 0 Å². The molecule has 1 atom stereocenters. The van der Waals surface area contributed by atoms with Crippen LogP contribution >= 0.6 is 11.6 Å². The minimum atomic E-state index is -0.943. The molecular formula is C20H22ClN5O3. The number of nitrogens with one attached hydrogen (secondary N) is 3. The van der Waals surface area contributed by atoms with Crippen molar-refractivity contribution < 1.29 is 9.59 Å². The Balaban J connectivity index is 1.64. The molecule has 0 unspecified atom stereocenters. The number of amides is 2. The van der Waals surface area contributed by atoms with E-state index in [9.17, 15) is 14.4 Å². The number of halogens is 1. The van der Waals surface area contributed by atoms with Crippen LogP contribution in [0.5, 0.6) is 0 Å². The van der Waals surface area contributed by atoms with Gasteiger partial charge in [0.1, 0.15) is 5.82 Å². The minimum Gasteiger partial charge on any atom is -0.342 e. The van der Waals surface area contributed by atoms with Gasteiger partial charge in [0.15, 0.2) is 0 Å². The molecule has 0 bridgehead atoms. The van der Waals surface area contributed by atoms with Crippen LogP contribution < -0.4 is 21.1 Å². The Kier molecular flexibility index (Phi) is 5.27. The number of aromatic amines is 1. The van der Waals surface area contributed by atoms with Crippen LogP contribution in [0.4, 0.5) is 17.5 Å². The molecule has 1 saturated heterocycles. The van der Waals surface area contributed by atoms with Gasteiger partial charge in [-0.25, -0.2) is 0 Å². The molecule has 2 amide bonds. The topological polar surface area (TPSA) is 107 Å². The average molecular weight is 416 g/mol. The lowest BCUT2D eigenvalue weighted by atomic mass is 9.92. The lowest BCUT2D eigenvalue weighted by molar-refractivity contribution is -0.123. The van der Waals surface area contributed by atoms with Gasteiger partial charge < -0.3 is 15.5 Å². The second-order valence-corrected chi connectivity index (χ2v) is 8.00. The van der Waals surface area contributed by atoms with Gasteiger partial charge in [0.25, 0.3) is 5.56 Å². The Morgan fingerprint density at radius 2 is 1.97 bits per heavy atom. The number of H-pyrrole nitrogens is 1. The maximum Gasteiger partial charge on any atom is 0.258 e. The van der Waals surface area contributed by atoms with Gasteiger partial charge in [0.05, 0.1) is 22.2 Å². The van der Waals surface area contributed by atoms with Crippen molar-refractivity contribution in [3.8, 4) is 0 Å². The number of fused-ring (bicyclic) bond motifs is 1. The molecule has 0 aliphatic carbocycles. The van der Waals surface area contributed by atoms with Crippen LogP contribution in [-0.4, -0.2) is 34.9 Å². The molecule has 2 aliphatic heterocycles. The summed E-state index contributed by atoms with van der Waals surface area (Å²) in [6, 6.07) is 6.80. The second-order valence-electron chi connectivity index (χ2n) is 7.60. The summed E-state index contributed by atoms with van der Waals surface area (Å²) in [4.78, 5) is 47.2. The molecule has 0 saturated carbocycles. The summed E-state index contributed by atoms with van der Waals surface area (Å²) < 4.78 is 0. The monoisotopic (exact) mass is 415 g/mol. The maximum absolute atomic E-state index is 12.9. The SMILES string of the molecule is CC1CCN(c2nc3c(c(=O)[nH]2)[C@@H](C(=O)Nc2ccccc2Cl)CC(=O)N3)CC1. The van der Waals surface area contributed by atoms with Crippen LogP contribution in [0.15, 0.2) is 29.1 Å². The molecule has 3 heterocycles. The molecule has 2 aliphatic rings. The number of benzene rings is 1. The van der Waals surface area contributed by atoms with Gasteiger partial charge in [-0.3, -0.25) is 19.4 Å². The van der Waals surface area contributed by atoms with Crippen molar-refractivity contribution in [3.05, 3.63) is 45.2 Å². The summed E-state index contributed by atoms with van der Waals surface area (Å²) in [7, 11) is 0. The zero-order valence-corrected chi connectivity index (χ0v) is 16.8. The first kappa shape index (κ1) is 19.4. The number of carbonyl (C=O) groups excluding carboxylic acids is 2. The highest BCUT2D eigenvalue weighted by molar-refractivity contribution is 6.33. The van der Waals surface area contributed by atoms with Gasteiger partial charge in [-0.2, -0.15) is 4.98 Å². The largest absolute Gasteiger partial charge is 0.342 e. The molecule has 1 aromatic heterocycles. The highest BCUT2D eigenvalue weighted by Crippen LogP contribution is 2.31. The van der Waals surface area contributed by atoms with Crippen LogP contribution in [0, 0.1) is 5.92 Å². The molecule has 4 rings (SSSR count). The van der Waals surface area contributed by atoms with Gasteiger partial charge in [-0.05, 0) is 30.9 Å². The fourth-order valence-electron chi connectivity index (χ4n) is 3.74. The summed E-state index contributed by atoms with van der Waals surface area (Å²) >= 11 is 6.10. The standard InChI is InChI=1S/C20H22ClN5O3/c1-11-6-8-26(9-7-11)20-24-17-16(19(29)25-20)12(10-15(27)23-17)18(28)22-14-5-3-2-4-13(14)21/h2-5,11-12H,6-10H2,1H3,(H,22,28)(H2,23,24,25,27,29)/t12-/m0/s1. The number of hydrogen-bond donors (Lipinski definition) is 3. The molecule has 1 aromatic carbocycles. The Morgan fingerprint density at radius 3 is 2.69 bits per heavy atom. The number of rotatable bonds is 3. The minimum absolute atomic E-state index is 0.130. The summed E-state index contributed by atoms with van der Waals surface area (Å²) in [5, 5.41) is 5.73. The zero-order valence-electron chi connectivity index (χ0n) is 16.0. The quantitative estimate of drug-likeness (QED) is 0.714. The van der Waals surface area contributed by atoms with Gasteiger partial charge in [-0.15, -0.1) is 0 Å². The number of carbonyl (C=O) groups is 2. The van der Waals surface area contributed by atoms with E-state index in [-0.39, 0.29) is 23.7 Å². The first-order valence-corrected chi connectivity index (χ1v) is 10.0. The van der Waals surface area contributed by atoms with E-state index in [1.54, 1.807) is 24.3 Å². The summed E-state index contributed by atoms with van der Waals surface area (Å²) in [6.07, 6.45) is 1.89. The molecule has 8 nitrogen and oxygen atoms in total. The second kappa shape index (κ2) is 7.87. The lowest BCUT2D eigenvalue weighted by Crippen LogP contribution is -2.39. The van der Waals surface area contributed by atoms with Crippen molar-refractivity contribution in [2.75, 3.05) is 28.6 Å². The van der Waals surface area contributed by atoms with Crippen molar-refractivity contribution >= 4 is 40.9 Å². The van der Waals surface area contributed by atoms with Crippen LogP contribution in [0.25, 0.3) is 0 Å². The van der Waals surface area contributed by atoms with Crippen molar-refractivity contribution in [2.45, 2.75) is 32.1 Å².